The predicted molar refractivity (Wildman–Crippen MR) is 66.8 cm³/mol. The molecule has 0 amide bonds. The Bertz CT molecular complexity index is 359. The van der Waals surface area contributed by atoms with Gasteiger partial charge in [-0.2, -0.15) is 11.8 Å². The molecule has 0 spiro atoms. The Kier molecular flexibility index (Phi) is 3.29. The molecule has 1 fully saturated rings. The molecule has 15 heavy (non-hydrogen) atoms. The van der Waals surface area contributed by atoms with Gasteiger partial charge in [-0.3, -0.25) is 0 Å². The van der Waals surface area contributed by atoms with Gasteiger partial charge in [-0.25, -0.2) is 0 Å². The summed E-state index contributed by atoms with van der Waals surface area (Å²) in [5.41, 5.74) is 1.69. The molecule has 0 saturated carbocycles. The Morgan fingerprint density at radius 1 is 1.53 bits per heavy atom. The van der Waals surface area contributed by atoms with Gasteiger partial charge in [0.25, 0.3) is 0 Å². The first kappa shape index (κ1) is 11.3. The smallest absolute Gasteiger partial charge is 0.0786 e. The van der Waals surface area contributed by atoms with Gasteiger partial charge in [-0.15, -0.1) is 0 Å². The van der Waals surface area contributed by atoms with Gasteiger partial charge in [-0.1, -0.05) is 23.7 Å². The van der Waals surface area contributed by atoms with Crippen LogP contribution in [0.25, 0.3) is 0 Å². The summed E-state index contributed by atoms with van der Waals surface area (Å²) in [4.78, 5) is 0. The first-order valence-electron chi connectivity index (χ1n) is 5.14. The van der Waals surface area contributed by atoms with E-state index in [1.807, 2.05) is 36.9 Å². The third-order valence-corrected chi connectivity index (χ3v) is 4.40. The Hall–Kier alpha value is -0.180. The van der Waals surface area contributed by atoms with Crippen molar-refractivity contribution in [3.05, 3.63) is 34.3 Å². The van der Waals surface area contributed by atoms with E-state index in [4.69, 9.17) is 11.6 Å². The maximum Gasteiger partial charge on any atom is 0.0786 e. The number of thioether (sulfide) groups is 1. The maximum atomic E-state index is 10.3. The topological polar surface area (TPSA) is 20.2 Å². The van der Waals surface area contributed by atoms with Crippen molar-refractivity contribution in [1.82, 2.24) is 0 Å². The summed E-state index contributed by atoms with van der Waals surface area (Å²) in [6, 6.07) is 6.04. The van der Waals surface area contributed by atoms with Crippen molar-refractivity contribution in [2.45, 2.75) is 25.4 Å². The Labute approximate surface area is 99.8 Å². The van der Waals surface area contributed by atoms with Crippen LogP contribution in [0.3, 0.4) is 0 Å². The van der Waals surface area contributed by atoms with E-state index in [0.29, 0.717) is 6.42 Å². The van der Waals surface area contributed by atoms with E-state index in [1.165, 1.54) is 0 Å². The van der Waals surface area contributed by atoms with Crippen LogP contribution in [-0.2, 0) is 6.42 Å². The molecule has 2 rings (SSSR count). The van der Waals surface area contributed by atoms with Gasteiger partial charge < -0.3 is 5.11 Å². The minimum Gasteiger partial charge on any atom is -0.389 e. The lowest BCUT2D eigenvalue weighted by molar-refractivity contribution is 0.0686. The zero-order valence-electron chi connectivity index (χ0n) is 8.79. The van der Waals surface area contributed by atoms with Gasteiger partial charge >= 0.3 is 0 Å². The largest absolute Gasteiger partial charge is 0.389 e. The zero-order valence-corrected chi connectivity index (χ0v) is 10.4. The van der Waals surface area contributed by atoms with Crippen LogP contribution in [0.4, 0.5) is 0 Å². The number of halogens is 1. The van der Waals surface area contributed by atoms with Crippen molar-refractivity contribution in [2.75, 3.05) is 11.5 Å². The Morgan fingerprint density at radius 2 is 2.33 bits per heavy atom. The van der Waals surface area contributed by atoms with Gasteiger partial charge in [-0.05, 0) is 36.3 Å². The minimum absolute atomic E-state index is 0.538. The highest BCUT2D eigenvalue weighted by Gasteiger charge is 2.32. The molecule has 1 aromatic carbocycles. The van der Waals surface area contributed by atoms with Crippen LogP contribution in [0.15, 0.2) is 18.2 Å². The maximum absolute atomic E-state index is 10.3. The molecule has 82 valence electrons. The SMILES string of the molecule is Cc1ccc(CC2(O)CCSC2)c(Cl)c1. The van der Waals surface area contributed by atoms with Crippen LogP contribution in [-0.4, -0.2) is 22.2 Å². The van der Waals surface area contributed by atoms with E-state index in [1.54, 1.807) is 0 Å². The van der Waals surface area contributed by atoms with E-state index in [0.717, 1.165) is 34.1 Å². The molecule has 1 N–H and O–H groups in total. The van der Waals surface area contributed by atoms with Crippen LogP contribution >= 0.6 is 23.4 Å². The molecule has 1 heterocycles. The predicted octanol–water partition coefficient (Wildman–Crippen LogP) is 3.06. The van der Waals surface area contributed by atoms with E-state index in [2.05, 4.69) is 0 Å². The summed E-state index contributed by atoms with van der Waals surface area (Å²) in [7, 11) is 0. The number of rotatable bonds is 2. The lowest BCUT2D eigenvalue weighted by Crippen LogP contribution is -2.30. The summed E-state index contributed by atoms with van der Waals surface area (Å²) in [6.45, 7) is 2.02. The number of benzene rings is 1. The Morgan fingerprint density at radius 3 is 2.93 bits per heavy atom. The third-order valence-electron chi connectivity index (χ3n) is 2.81. The van der Waals surface area contributed by atoms with Crippen molar-refractivity contribution in [3.8, 4) is 0 Å². The van der Waals surface area contributed by atoms with Crippen molar-refractivity contribution >= 4 is 23.4 Å². The fourth-order valence-corrected chi connectivity index (χ4v) is 3.48. The Balaban J connectivity index is 2.16. The fraction of sp³-hybridized carbons (Fsp3) is 0.500. The van der Waals surface area contributed by atoms with Crippen LogP contribution in [0.2, 0.25) is 5.02 Å². The molecule has 3 heteroatoms. The van der Waals surface area contributed by atoms with Crippen molar-refractivity contribution in [1.29, 1.82) is 0 Å². The van der Waals surface area contributed by atoms with Gasteiger partial charge in [0.15, 0.2) is 0 Å². The molecule has 1 aromatic rings. The molecule has 0 radical (unpaired) electrons. The summed E-state index contributed by atoms with van der Waals surface area (Å²) in [5.74, 6) is 1.89. The zero-order chi connectivity index (χ0) is 10.9. The molecule has 1 saturated heterocycles. The van der Waals surface area contributed by atoms with Crippen molar-refractivity contribution in [3.63, 3.8) is 0 Å². The molecule has 0 aromatic heterocycles. The molecule has 0 aliphatic carbocycles. The van der Waals surface area contributed by atoms with Crippen molar-refractivity contribution in [2.24, 2.45) is 0 Å². The second-order valence-electron chi connectivity index (χ2n) is 4.30. The number of aryl methyl sites for hydroxylation is 1. The molecular formula is C12H15ClOS. The summed E-state index contributed by atoms with van der Waals surface area (Å²) >= 11 is 7.97. The highest BCUT2D eigenvalue weighted by atomic mass is 35.5. The van der Waals surface area contributed by atoms with Crippen LogP contribution in [0, 0.1) is 6.92 Å². The molecule has 1 aliphatic rings. The third kappa shape index (κ3) is 2.68. The van der Waals surface area contributed by atoms with E-state index >= 15 is 0 Å². The highest BCUT2D eigenvalue weighted by molar-refractivity contribution is 7.99. The van der Waals surface area contributed by atoms with Crippen LogP contribution < -0.4 is 0 Å². The summed E-state index contributed by atoms with van der Waals surface area (Å²) in [6.07, 6.45) is 1.56. The average molecular weight is 243 g/mol. The number of hydrogen-bond donors (Lipinski definition) is 1. The lowest BCUT2D eigenvalue weighted by Gasteiger charge is -2.21. The number of hydrogen-bond acceptors (Lipinski definition) is 2. The molecule has 1 unspecified atom stereocenters. The quantitative estimate of drug-likeness (QED) is 0.860. The second kappa shape index (κ2) is 4.36. The van der Waals surface area contributed by atoms with Crippen molar-refractivity contribution < 1.29 is 5.11 Å². The molecule has 1 aliphatic heterocycles. The normalized spacial score (nSPS) is 25.8. The van der Waals surface area contributed by atoms with E-state index in [9.17, 15) is 5.11 Å². The molecular weight excluding hydrogens is 228 g/mol. The first-order chi connectivity index (χ1) is 7.09. The second-order valence-corrected chi connectivity index (χ2v) is 5.81. The minimum atomic E-state index is -0.538. The monoisotopic (exact) mass is 242 g/mol. The average Bonchev–Trinajstić information content (AvgIpc) is 2.58. The highest BCUT2D eigenvalue weighted by Crippen LogP contribution is 2.32. The summed E-state index contributed by atoms with van der Waals surface area (Å²) in [5, 5.41) is 11.0. The molecule has 1 atom stereocenters. The summed E-state index contributed by atoms with van der Waals surface area (Å²) < 4.78 is 0. The standard InChI is InChI=1S/C12H15ClOS/c1-9-2-3-10(11(13)6-9)7-12(14)4-5-15-8-12/h2-3,6,14H,4-5,7-8H2,1H3. The molecule has 1 nitrogen and oxygen atoms in total. The van der Waals surface area contributed by atoms with Crippen LogP contribution in [0.1, 0.15) is 17.5 Å². The number of aliphatic hydroxyl groups is 1. The van der Waals surface area contributed by atoms with Gasteiger partial charge in [0, 0.05) is 17.2 Å². The van der Waals surface area contributed by atoms with E-state index < -0.39 is 5.60 Å². The van der Waals surface area contributed by atoms with Gasteiger partial charge in [0.05, 0.1) is 5.60 Å². The first-order valence-corrected chi connectivity index (χ1v) is 6.67. The fourth-order valence-electron chi connectivity index (χ4n) is 1.89. The van der Waals surface area contributed by atoms with E-state index in [-0.39, 0.29) is 0 Å². The van der Waals surface area contributed by atoms with Gasteiger partial charge in [0.2, 0.25) is 0 Å². The van der Waals surface area contributed by atoms with Gasteiger partial charge in [0.1, 0.15) is 0 Å². The molecule has 0 bridgehead atoms. The lowest BCUT2D eigenvalue weighted by atomic mass is 9.93. The van der Waals surface area contributed by atoms with Crippen LogP contribution in [0.5, 0.6) is 0 Å².